The molecule has 1 aromatic heterocycles. The normalized spacial score (nSPS) is 11.3. The number of hydrogen-bond acceptors (Lipinski definition) is 5. The number of nitrogens with one attached hydrogen (secondary N) is 1. The average molecular weight is 497 g/mol. The lowest BCUT2D eigenvalue weighted by molar-refractivity contribution is -0.137. The van der Waals surface area contributed by atoms with Crippen molar-refractivity contribution in [3.05, 3.63) is 64.7 Å². The minimum Gasteiger partial charge on any atom is -0.338 e. The van der Waals surface area contributed by atoms with Crippen LogP contribution in [0.5, 0.6) is 0 Å². The molecule has 6 nitrogen and oxygen atoms in total. The molecule has 1 heterocycles. The van der Waals surface area contributed by atoms with Crippen LogP contribution >= 0.6 is 22.9 Å². The van der Waals surface area contributed by atoms with Crippen molar-refractivity contribution in [2.24, 2.45) is 0 Å². The van der Waals surface area contributed by atoms with Crippen LogP contribution in [0.1, 0.15) is 35.7 Å². The van der Waals surface area contributed by atoms with Crippen LogP contribution in [0.2, 0.25) is 5.02 Å². The number of halogens is 4. The van der Waals surface area contributed by atoms with Crippen LogP contribution < -0.4 is 5.32 Å². The third kappa shape index (κ3) is 6.75. The van der Waals surface area contributed by atoms with Gasteiger partial charge in [0, 0.05) is 35.7 Å². The third-order valence-electron chi connectivity index (χ3n) is 4.59. The number of hydrogen-bond donors (Lipinski definition) is 1. The van der Waals surface area contributed by atoms with E-state index in [4.69, 9.17) is 11.6 Å². The number of benzene rings is 2. The van der Waals surface area contributed by atoms with E-state index in [2.05, 4.69) is 15.5 Å². The molecule has 0 spiro atoms. The van der Waals surface area contributed by atoms with Crippen LogP contribution in [0.15, 0.2) is 48.5 Å². The van der Waals surface area contributed by atoms with Crippen molar-refractivity contribution < 1.29 is 22.8 Å². The van der Waals surface area contributed by atoms with Crippen molar-refractivity contribution in [2.75, 3.05) is 18.4 Å². The van der Waals surface area contributed by atoms with Gasteiger partial charge in [0.1, 0.15) is 5.01 Å². The highest BCUT2D eigenvalue weighted by molar-refractivity contribution is 7.18. The first-order valence-corrected chi connectivity index (χ1v) is 11.2. The van der Waals surface area contributed by atoms with Gasteiger partial charge in [-0.25, -0.2) is 0 Å². The SMILES string of the molecule is CCCN(CCC(=O)Nc1nnc(-c2ccc(Cl)cc2)s1)C(=O)c1cccc(C(F)(F)F)c1. The Morgan fingerprint density at radius 3 is 2.48 bits per heavy atom. The van der Waals surface area contributed by atoms with Crippen molar-refractivity contribution in [3.8, 4) is 10.6 Å². The fourth-order valence-corrected chi connectivity index (χ4v) is 3.89. The molecule has 1 N–H and O–H groups in total. The topological polar surface area (TPSA) is 75.2 Å². The summed E-state index contributed by atoms with van der Waals surface area (Å²) in [6, 6.07) is 11.3. The number of amides is 2. The van der Waals surface area contributed by atoms with Gasteiger partial charge < -0.3 is 10.2 Å². The number of carbonyl (C=O) groups excluding carboxylic acids is 2. The second-order valence-electron chi connectivity index (χ2n) is 7.09. The molecular weight excluding hydrogens is 477 g/mol. The smallest absolute Gasteiger partial charge is 0.338 e. The first kappa shape index (κ1) is 24.7. The maximum atomic E-state index is 13.0. The predicted octanol–water partition coefficient (Wildman–Crippen LogP) is 5.76. The van der Waals surface area contributed by atoms with E-state index in [1.165, 1.54) is 28.4 Å². The second kappa shape index (κ2) is 10.8. The summed E-state index contributed by atoms with van der Waals surface area (Å²) in [4.78, 5) is 26.5. The van der Waals surface area contributed by atoms with Gasteiger partial charge in [-0.05, 0) is 36.8 Å². The standard InChI is InChI=1S/C22H20ClF3N4O2S/c1-2-11-30(20(32)15-4-3-5-16(13-15)22(24,25)26)12-10-18(31)27-21-29-28-19(33-21)14-6-8-17(23)9-7-14/h3-9,13H,2,10-12H2,1H3,(H,27,29,31). The van der Waals surface area contributed by atoms with Gasteiger partial charge in [0.05, 0.1) is 5.56 Å². The maximum absolute atomic E-state index is 13.0. The summed E-state index contributed by atoms with van der Waals surface area (Å²) in [5.41, 5.74) is -0.163. The molecule has 0 saturated carbocycles. The molecule has 0 bridgehead atoms. The van der Waals surface area contributed by atoms with Crippen molar-refractivity contribution in [1.29, 1.82) is 0 Å². The van der Waals surface area contributed by atoms with E-state index in [9.17, 15) is 22.8 Å². The zero-order valence-corrected chi connectivity index (χ0v) is 19.1. The molecule has 33 heavy (non-hydrogen) atoms. The summed E-state index contributed by atoms with van der Waals surface area (Å²) in [7, 11) is 0. The molecule has 3 aromatic rings. The number of anilines is 1. The van der Waals surface area contributed by atoms with Crippen molar-refractivity contribution in [1.82, 2.24) is 15.1 Å². The Bertz CT molecular complexity index is 1120. The zero-order chi connectivity index (χ0) is 24.0. The number of aromatic nitrogens is 2. The average Bonchev–Trinajstić information content (AvgIpc) is 3.24. The number of rotatable bonds is 8. The second-order valence-corrected chi connectivity index (χ2v) is 8.50. The molecule has 2 aromatic carbocycles. The van der Waals surface area contributed by atoms with E-state index in [1.807, 2.05) is 6.92 Å². The third-order valence-corrected chi connectivity index (χ3v) is 5.73. The number of carbonyl (C=O) groups is 2. The fourth-order valence-electron chi connectivity index (χ4n) is 3.00. The first-order chi connectivity index (χ1) is 15.7. The molecule has 174 valence electrons. The van der Waals surface area contributed by atoms with Crippen LogP contribution in [-0.4, -0.2) is 40.0 Å². The Labute approximate surface area is 197 Å². The summed E-state index contributed by atoms with van der Waals surface area (Å²) in [6.45, 7) is 2.20. The van der Waals surface area contributed by atoms with Crippen LogP contribution in [0.3, 0.4) is 0 Å². The predicted molar refractivity (Wildman–Crippen MR) is 121 cm³/mol. The molecule has 0 aliphatic heterocycles. The van der Waals surface area contributed by atoms with Crippen molar-refractivity contribution in [2.45, 2.75) is 25.9 Å². The largest absolute Gasteiger partial charge is 0.416 e. The highest BCUT2D eigenvalue weighted by Crippen LogP contribution is 2.30. The lowest BCUT2D eigenvalue weighted by Gasteiger charge is -2.22. The molecule has 0 aliphatic carbocycles. The molecule has 0 atom stereocenters. The van der Waals surface area contributed by atoms with Crippen LogP contribution in [0.25, 0.3) is 10.6 Å². The quantitative estimate of drug-likeness (QED) is 0.430. The Hall–Kier alpha value is -2.98. The molecule has 0 radical (unpaired) electrons. The molecule has 0 fully saturated rings. The van der Waals surface area contributed by atoms with Crippen LogP contribution in [0.4, 0.5) is 18.3 Å². The summed E-state index contributed by atoms with van der Waals surface area (Å²) >= 11 is 7.06. The monoisotopic (exact) mass is 496 g/mol. The summed E-state index contributed by atoms with van der Waals surface area (Å²) in [5.74, 6) is -0.941. The van der Waals surface area contributed by atoms with Gasteiger partial charge in [0.15, 0.2) is 0 Å². The fraction of sp³-hybridized carbons (Fsp3) is 0.273. The van der Waals surface area contributed by atoms with Crippen molar-refractivity contribution in [3.63, 3.8) is 0 Å². The lowest BCUT2D eigenvalue weighted by atomic mass is 10.1. The van der Waals surface area contributed by atoms with E-state index in [-0.39, 0.29) is 24.4 Å². The van der Waals surface area contributed by atoms with E-state index < -0.39 is 17.6 Å². The minimum atomic E-state index is -4.54. The zero-order valence-electron chi connectivity index (χ0n) is 17.5. The van der Waals surface area contributed by atoms with Gasteiger partial charge in [-0.1, -0.05) is 48.1 Å². The molecule has 0 saturated heterocycles. The minimum absolute atomic E-state index is 0.0411. The van der Waals surface area contributed by atoms with Gasteiger partial charge in [-0.3, -0.25) is 9.59 Å². The Morgan fingerprint density at radius 1 is 1.09 bits per heavy atom. The molecule has 0 unspecified atom stereocenters. The summed E-state index contributed by atoms with van der Waals surface area (Å²) in [5, 5.41) is 12.1. The molecular formula is C22H20ClF3N4O2S. The lowest BCUT2D eigenvalue weighted by Crippen LogP contribution is -2.34. The van der Waals surface area contributed by atoms with Gasteiger partial charge in [-0.15, -0.1) is 10.2 Å². The molecule has 0 aliphatic rings. The van der Waals surface area contributed by atoms with Crippen molar-refractivity contribution >= 4 is 39.9 Å². The maximum Gasteiger partial charge on any atom is 0.416 e. The summed E-state index contributed by atoms with van der Waals surface area (Å²) < 4.78 is 38.9. The van der Waals surface area contributed by atoms with Gasteiger partial charge in [0.2, 0.25) is 11.0 Å². The highest BCUT2D eigenvalue weighted by atomic mass is 35.5. The summed E-state index contributed by atoms with van der Waals surface area (Å²) in [6.07, 6.45) is -3.99. The first-order valence-electron chi connectivity index (χ1n) is 10.0. The Kier molecular flexibility index (Phi) is 8.04. The Balaban J connectivity index is 1.61. The van der Waals surface area contributed by atoms with Crippen LogP contribution in [-0.2, 0) is 11.0 Å². The number of nitrogens with zero attached hydrogens (tertiary/aromatic N) is 3. The van der Waals surface area contributed by atoms with Gasteiger partial charge in [0.25, 0.3) is 5.91 Å². The van der Waals surface area contributed by atoms with E-state index in [0.717, 1.165) is 17.7 Å². The van der Waals surface area contributed by atoms with Gasteiger partial charge in [-0.2, -0.15) is 13.2 Å². The molecule has 3 rings (SSSR count). The molecule has 11 heteroatoms. The Morgan fingerprint density at radius 2 is 1.82 bits per heavy atom. The van der Waals surface area contributed by atoms with E-state index >= 15 is 0 Å². The van der Waals surface area contributed by atoms with E-state index in [1.54, 1.807) is 24.3 Å². The van der Waals surface area contributed by atoms with Gasteiger partial charge >= 0.3 is 6.18 Å². The molecule has 2 amide bonds. The van der Waals surface area contributed by atoms with E-state index in [0.29, 0.717) is 28.1 Å². The highest BCUT2D eigenvalue weighted by Gasteiger charge is 2.31. The number of alkyl halides is 3. The van der Waals surface area contributed by atoms with Crippen LogP contribution in [0, 0.1) is 0 Å².